The highest BCUT2D eigenvalue weighted by Crippen LogP contribution is 2.31. The molecule has 1 aromatic heterocycles. The predicted molar refractivity (Wildman–Crippen MR) is 116 cm³/mol. The monoisotopic (exact) mass is 480 g/mol. The van der Waals surface area contributed by atoms with Crippen molar-refractivity contribution in [2.24, 2.45) is 0 Å². The first-order valence-electron chi connectivity index (χ1n) is 9.47. The first kappa shape index (κ1) is 23.8. The number of nitrogens with one attached hydrogen (secondary N) is 1. The van der Waals surface area contributed by atoms with Gasteiger partial charge in [-0.05, 0) is 35.9 Å². The van der Waals surface area contributed by atoms with Gasteiger partial charge in [-0.3, -0.25) is 4.79 Å². The van der Waals surface area contributed by atoms with Gasteiger partial charge in [0.25, 0.3) is 5.91 Å². The second-order valence-corrected chi connectivity index (χ2v) is 9.87. The molecule has 0 saturated heterocycles. The number of hydrogen-bond donors (Lipinski definition) is 1. The second kappa shape index (κ2) is 10.2. The Kier molecular flexibility index (Phi) is 7.57. The van der Waals surface area contributed by atoms with Crippen molar-refractivity contribution in [3.8, 4) is 0 Å². The molecule has 0 atom stereocenters. The Morgan fingerprint density at radius 1 is 0.969 bits per heavy atom. The van der Waals surface area contributed by atoms with Crippen molar-refractivity contribution in [1.29, 1.82) is 0 Å². The number of rotatable bonds is 8. The molecule has 10 heteroatoms. The van der Waals surface area contributed by atoms with Crippen LogP contribution in [0.15, 0.2) is 82.8 Å². The average molecular weight is 481 g/mol. The number of hydrogen-bond acceptors (Lipinski definition) is 5. The van der Waals surface area contributed by atoms with Crippen molar-refractivity contribution in [2.45, 2.75) is 22.6 Å². The molecule has 0 aliphatic heterocycles. The van der Waals surface area contributed by atoms with Crippen LogP contribution in [-0.2, 0) is 22.6 Å². The first-order chi connectivity index (χ1) is 15.2. The summed E-state index contributed by atoms with van der Waals surface area (Å²) in [7, 11) is -3.48. The molecule has 0 aliphatic rings. The summed E-state index contributed by atoms with van der Waals surface area (Å²) < 4.78 is 64.2. The van der Waals surface area contributed by atoms with Gasteiger partial charge in [-0.2, -0.15) is 13.2 Å². The molecule has 3 aromatic rings. The van der Waals surface area contributed by atoms with E-state index in [9.17, 15) is 26.4 Å². The van der Waals surface area contributed by atoms with Gasteiger partial charge < -0.3 is 5.32 Å². The number of alkyl halides is 3. The number of thioether (sulfide) groups is 1. The Labute approximate surface area is 188 Å². The number of halogens is 3. The lowest BCUT2D eigenvalue weighted by molar-refractivity contribution is -0.138. The maximum absolute atomic E-state index is 13.1. The minimum atomic E-state index is -4.53. The lowest BCUT2D eigenvalue weighted by Crippen LogP contribution is -2.25. The number of carbonyl (C=O) groups excluding carboxylic acids is 1. The summed E-state index contributed by atoms with van der Waals surface area (Å²) in [6.45, 7) is -0.310. The zero-order valence-corrected chi connectivity index (χ0v) is 18.3. The molecule has 0 saturated carbocycles. The summed E-state index contributed by atoms with van der Waals surface area (Å²) in [5.74, 6) is -0.590. The maximum Gasteiger partial charge on any atom is 0.416 e. The quantitative estimate of drug-likeness (QED) is 0.477. The predicted octanol–water partition coefficient (Wildman–Crippen LogP) is 4.60. The summed E-state index contributed by atoms with van der Waals surface area (Å²) in [6.07, 6.45) is -3.06. The highest BCUT2D eigenvalue weighted by Gasteiger charge is 2.32. The fourth-order valence-electron chi connectivity index (χ4n) is 2.89. The first-order valence-corrected chi connectivity index (χ1v) is 12.1. The topological polar surface area (TPSA) is 76.1 Å². The Morgan fingerprint density at radius 2 is 1.66 bits per heavy atom. The molecular weight excluding hydrogens is 461 g/mol. The van der Waals surface area contributed by atoms with E-state index in [0.29, 0.717) is 5.03 Å². The van der Waals surface area contributed by atoms with Crippen molar-refractivity contribution in [3.05, 3.63) is 89.6 Å². The molecule has 0 radical (unpaired) electrons. The van der Waals surface area contributed by atoms with E-state index in [1.54, 1.807) is 18.2 Å². The van der Waals surface area contributed by atoms with Gasteiger partial charge in [0.2, 0.25) is 0 Å². The Hall–Kier alpha value is -2.85. The molecule has 5 nitrogen and oxygen atoms in total. The number of amides is 1. The van der Waals surface area contributed by atoms with Crippen LogP contribution in [-0.4, -0.2) is 30.8 Å². The van der Waals surface area contributed by atoms with Crippen LogP contribution in [0.2, 0.25) is 0 Å². The molecule has 1 heterocycles. The van der Waals surface area contributed by atoms with Crippen LogP contribution >= 0.6 is 11.8 Å². The number of benzene rings is 2. The molecule has 1 amide bonds. The molecule has 0 bridgehead atoms. The average Bonchev–Trinajstić information content (AvgIpc) is 2.78. The Balaban J connectivity index is 1.66. The molecule has 1 N–H and O–H groups in total. The molecule has 32 heavy (non-hydrogen) atoms. The fourth-order valence-corrected chi connectivity index (χ4v) is 5.56. The number of sulfone groups is 1. The summed E-state index contributed by atoms with van der Waals surface area (Å²) in [5.41, 5.74) is -0.702. The second-order valence-electron chi connectivity index (χ2n) is 6.67. The molecule has 168 valence electrons. The van der Waals surface area contributed by atoms with Crippen LogP contribution in [0.1, 0.15) is 21.5 Å². The SMILES string of the molecule is O=C(NCc1ccccc1C(F)(F)F)c1cccnc1SCCS(=O)(=O)c1ccccc1. The van der Waals surface area contributed by atoms with Crippen molar-refractivity contribution in [1.82, 2.24) is 10.3 Å². The molecule has 0 unspecified atom stereocenters. The van der Waals surface area contributed by atoms with Gasteiger partial charge in [0.1, 0.15) is 5.03 Å². The van der Waals surface area contributed by atoms with Crippen LogP contribution in [0.4, 0.5) is 13.2 Å². The highest BCUT2D eigenvalue weighted by atomic mass is 32.2. The molecule has 3 rings (SSSR count). The van der Waals surface area contributed by atoms with Gasteiger partial charge in [-0.25, -0.2) is 13.4 Å². The van der Waals surface area contributed by atoms with E-state index in [1.807, 2.05) is 0 Å². The molecule has 2 aromatic carbocycles. The third kappa shape index (κ3) is 6.10. The Bertz CT molecular complexity index is 1180. The minimum Gasteiger partial charge on any atom is -0.348 e. The molecule has 0 aliphatic carbocycles. The van der Waals surface area contributed by atoms with Crippen molar-refractivity contribution in [2.75, 3.05) is 11.5 Å². The lowest BCUT2D eigenvalue weighted by atomic mass is 10.1. The lowest BCUT2D eigenvalue weighted by Gasteiger charge is -2.14. The molecular formula is C22H19F3N2O3S2. The van der Waals surface area contributed by atoms with E-state index >= 15 is 0 Å². The standard InChI is InChI=1S/C22H19F3N2O3S2/c23-22(24,25)19-11-5-4-7-16(19)15-27-20(28)18-10-6-12-26-21(18)31-13-14-32(29,30)17-8-2-1-3-9-17/h1-12H,13-15H2,(H,27,28). The fraction of sp³-hybridized carbons (Fsp3) is 0.182. The van der Waals surface area contributed by atoms with E-state index in [1.165, 1.54) is 48.7 Å². The highest BCUT2D eigenvalue weighted by molar-refractivity contribution is 8.00. The molecule has 0 fully saturated rings. The summed E-state index contributed by atoms with van der Waals surface area (Å²) in [6, 6.07) is 16.1. The van der Waals surface area contributed by atoms with Crippen LogP contribution < -0.4 is 5.32 Å². The Morgan fingerprint density at radius 3 is 2.38 bits per heavy atom. The van der Waals surface area contributed by atoms with Gasteiger partial charge in [-0.1, -0.05) is 36.4 Å². The normalized spacial score (nSPS) is 11.8. The zero-order chi connectivity index (χ0) is 23.2. The third-order valence-corrected chi connectivity index (χ3v) is 7.47. The van der Waals surface area contributed by atoms with Gasteiger partial charge in [0.15, 0.2) is 9.84 Å². The maximum atomic E-state index is 13.1. The largest absolute Gasteiger partial charge is 0.416 e. The zero-order valence-electron chi connectivity index (χ0n) is 16.7. The van der Waals surface area contributed by atoms with Crippen LogP contribution in [0.25, 0.3) is 0 Å². The summed E-state index contributed by atoms with van der Waals surface area (Å²) >= 11 is 1.09. The van der Waals surface area contributed by atoms with Crippen molar-refractivity contribution >= 4 is 27.5 Å². The number of pyridine rings is 1. The number of carbonyl (C=O) groups is 1. The van der Waals surface area contributed by atoms with Gasteiger partial charge in [0, 0.05) is 18.5 Å². The van der Waals surface area contributed by atoms with E-state index in [4.69, 9.17) is 0 Å². The van der Waals surface area contributed by atoms with Gasteiger partial charge >= 0.3 is 6.18 Å². The van der Waals surface area contributed by atoms with Crippen LogP contribution in [0, 0.1) is 0 Å². The van der Waals surface area contributed by atoms with Gasteiger partial charge in [0.05, 0.1) is 21.8 Å². The summed E-state index contributed by atoms with van der Waals surface area (Å²) in [4.78, 5) is 17.0. The van der Waals surface area contributed by atoms with Gasteiger partial charge in [-0.15, -0.1) is 11.8 Å². The third-order valence-electron chi connectivity index (χ3n) is 4.47. The molecule has 0 spiro atoms. The van der Waals surface area contributed by atoms with Crippen LogP contribution in [0.5, 0.6) is 0 Å². The summed E-state index contributed by atoms with van der Waals surface area (Å²) in [5, 5.41) is 2.79. The van der Waals surface area contributed by atoms with E-state index in [2.05, 4.69) is 10.3 Å². The van der Waals surface area contributed by atoms with Crippen molar-refractivity contribution in [3.63, 3.8) is 0 Å². The number of nitrogens with zero attached hydrogens (tertiary/aromatic N) is 1. The van der Waals surface area contributed by atoms with Crippen LogP contribution in [0.3, 0.4) is 0 Å². The van der Waals surface area contributed by atoms with E-state index in [-0.39, 0.29) is 34.1 Å². The minimum absolute atomic E-state index is 0.0552. The smallest absolute Gasteiger partial charge is 0.348 e. The van der Waals surface area contributed by atoms with Crippen molar-refractivity contribution < 1.29 is 26.4 Å². The number of aromatic nitrogens is 1. The van der Waals surface area contributed by atoms with E-state index in [0.717, 1.165) is 17.8 Å². The van der Waals surface area contributed by atoms with E-state index < -0.39 is 27.5 Å².